The van der Waals surface area contributed by atoms with Crippen LogP contribution < -0.4 is 10.6 Å². The molecule has 0 radical (unpaired) electrons. The van der Waals surface area contributed by atoms with E-state index in [4.69, 9.17) is 0 Å². The van der Waals surface area contributed by atoms with Crippen molar-refractivity contribution in [3.05, 3.63) is 53.5 Å². The van der Waals surface area contributed by atoms with Crippen molar-refractivity contribution in [1.82, 2.24) is 28.4 Å². The molecule has 0 aliphatic carbocycles. The van der Waals surface area contributed by atoms with E-state index in [2.05, 4.69) is 48.5 Å². The fraction of sp³-hybridized carbons (Fsp3) is 0.333. The van der Waals surface area contributed by atoms with Crippen LogP contribution in [0.4, 0.5) is 5.82 Å². The number of aromatic nitrogens is 5. The molecule has 1 fully saturated rings. The molecule has 4 heterocycles. The third-order valence-corrected chi connectivity index (χ3v) is 5.90. The van der Waals surface area contributed by atoms with Crippen LogP contribution in [0.1, 0.15) is 0 Å². The first-order valence-electron chi connectivity index (χ1n) is 8.99. The van der Waals surface area contributed by atoms with Crippen LogP contribution in [0.15, 0.2) is 47.8 Å². The first kappa shape index (κ1) is 16.4. The van der Waals surface area contributed by atoms with Gasteiger partial charge >= 0.3 is 5.69 Å². The van der Waals surface area contributed by atoms with E-state index in [1.807, 2.05) is 0 Å². The van der Waals surface area contributed by atoms with Gasteiger partial charge in [0, 0.05) is 38.1 Å². The van der Waals surface area contributed by atoms with E-state index in [0.717, 1.165) is 44.1 Å². The molecule has 5 rings (SSSR count). The number of fused-ring (bicyclic) bond motifs is 2. The van der Waals surface area contributed by atoms with Crippen LogP contribution in [0, 0.1) is 0 Å². The minimum atomic E-state index is -0.141. The molecule has 0 N–H and O–H groups in total. The third kappa shape index (κ3) is 2.98. The van der Waals surface area contributed by atoms with Crippen molar-refractivity contribution in [2.45, 2.75) is 6.54 Å². The molecule has 0 bridgehead atoms. The number of nitrogens with zero attached hydrogens (tertiary/aromatic N) is 7. The summed E-state index contributed by atoms with van der Waals surface area (Å²) in [7, 11) is 0. The van der Waals surface area contributed by atoms with Gasteiger partial charge in [-0.15, -0.1) is 0 Å². The van der Waals surface area contributed by atoms with Gasteiger partial charge in [-0.25, -0.2) is 18.9 Å². The van der Waals surface area contributed by atoms with Gasteiger partial charge in [0.2, 0.25) is 0 Å². The lowest BCUT2D eigenvalue weighted by Crippen LogP contribution is -2.48. The van der Waals surface area contributed by atoms with E-state index in [0.29, 0.717) is 6.54 Å². The lowest BCUT2D eigenvalue weighted by molar-refractivity contribution is 0.241. The zero-order valence-electron chi connectivity index (χ0n) is 14.7. The predicted octanol–water partition coefficient (Wildman–Crippen LogP) is 1.32. The molecule has 1 aromatic carbocycles. The summed E-state index contributed by atoms with van der Waals surface area (Å²) in [6, 6.07) is 8.39. The zero-order valence-corrected chi connectivity index (χ0v) is 15.5. The zero-order chi connectivity index (χ0) is 18.2. The van der Waals surface area contributed by atoms with Gasteiger partial charge in [0.05, 0.1) is 29.2 Å². The van der Waals surface area contributed by atoms with Crippen LogP contribution in [0.5, 0.6) is 0 Å². The lowest BCUT2D eigenvalue weighted by Gasteiger charge is -2.35. The molecule has 138 valence electrons. The number of hydrogen-bond acceptors (Lipinski definition) is 7. The standard InChI is InChI=1S/C18H19N7OS/c26-18-24-13-19-11-14(24)12-20-25(18)10-7-22-5-8-23(9-6-22)17-15-3-1-2-4-16(15)27-21-17/h1-4,11-13H,5-10H2. The van der Waals surface area contributed by atoms with Crippen LogP contribution in [0.25, 0.3) is 15.6 Å². The fourth-order valence-corrected chi connectivity index (χ4v) is 4.33. The lowest BCUT2D eigenvalue weighted by atomic mass is 10.2. The van der Waals surface area contributed by atoms with Crippen molar-refractivity contribution < 1.29 is 0 Å². The molecule has 0 saturated carbocycles. The molecule has 0 spiro atoms. The van der Waals surface area contributed by atoms with Gasteiger partial charge in [0.25, 0.3) is 0 Å². The quantitative estimate of drug-likeness (QED) is 0.531. The summed E-state index contributed by atoms with van der Waals surface area (Å²) in [6.45, 7) is 5.17. The summed E-state index contributed by atoms with van der Waals surface area (Å²) in [6.07, 6.45) is 4.85. The van der Waals surface area contributed by atoms with E-state index in [9.17, 15) is 4.79 Å². The molecular formula is C18H19N7OS. The van der Waals surface area contributed by atoms with E-state index in [1.54, 1.807) is 23.9 Å². The maximum absolute atomic E-state index is 12.4. The van der Waals surface area contributed by atoms with Gasteiger partial charge in [-0.05, 0) is 23.7 Å². The maximum atomic E-state index is 12.4. The molecule has 0 amide bonds. The molecule has 1 aliphatic rings. The van der Waals surface area contributed by atoms with Gasteiger partial charge in [-0.1, -0.05) is 12.1 Å². The third-order valence-electron chi connectivity index (χ3n) is 5.08. The number of benzene rings is 1. The highest BCUT2D eigenvalue weighted by Gasteiger charge is 2.20. The highest BCUT2D eigenvalue weighted by molar-refractivity contribution is 7.13. The first-order valence-corrected chi connectivity index (χ1v) is 9.77. The van der Waals surface area contributed by atoms with Crippen molar-refractivity contribution in [2.24, 2.45) is 0 Å². The van der Waals surface area contributed by atoms with Gasteiger partial charge in [-0.3, -0.25) is 4.90 Å². The van der Waals surface area contributed by atoms with Crippen molar-refractivity contribution >= 4 is 33.0 Å². The number of hydrogen-bond donors (Lipinski definition) is 0. The van der Waals surface area contributed by atoms with Crippen molar-refractivity contribution in [3.63, 3.8) is 0 Å². The Balaban J connectivity index is 1.23. The van der Waals surface area contributed by atoms with Crippen LogP contribution >= 0.6 is 11.5 Å². The number of anilines is 1. The molecule has 1 aliphatic heterocycles. The SMILES string of the molecule is O=c1n(CCN2CCN(c3nsc4ccccc34)CC2)ncc2cncn12. The Morgan fingerprint density at radius 3 is 2.78 bits per heavy atom. The molecule has 4 aromatic rings. The summed E-state index contributed by atoms with van der Waals surface area (Å²) < 4.78 is 8.92. The Morgan fingerprint density at radius 2 is 1.89 bits per heavy atom. The number of piperazine rings is 1. The normalized spacial score (nSPS) is 15.8. The van der Waals surface area contributed by atoms with Gasteiger partial charge in [0.1, 0.15) is 12.1 Å². The molecule has 3 aromatic heterocycles. The molecular weight excluding hydrogens is 362 g/mol. The fourth-order valence-electron chi connectivity index (χ4n) is 3.54. The van der Waals surface area contributed by atoms with Crippen LogP contribution in [-0.4, -0.2) is 61.2 Å². The van der Waals surface area contributed by atoms with Crippen molar-refractivity contribution in [3.8, 4) is 0 Å². The summed E-state index contributed by atoms with van der Waals surface area (Å²) in [4.78, 5) is 21.1. The van der Waals surface area contributed by atoms with Crippen LogP contribution in [0.3, 0.4) is 0 Å². The summed E-state index contributed by atoms with van der Waals surface area (Å²) >= 11 is 1.56. The average Bonchev–Trinajstić information content (AvgIpc) is 3.35. The summed E-state index contributed by atoms with van der Waals surface area (Å²) in [5.41, 5.74) is 0.581. The molecule has 1 saturated heterocycles. The molecule has 27 heavy (non-hydrogen) atoms. The Bertz CT molecular complexity index is 1140. The highest BCUT2D eigenvalue weighted by Crippen LogP contribution is 2.29. The van der Waals surface area contributed by atoms with Gasteiger partial charge in [-0.2, -0.15) is 9.47 Å². The number of imidazole rings is 1. The molecule has 8 nitrogen and oxygen atoms in total. The van der Waals surface area contributed by atoms with Crippen LogP contribution in [-0.2, 0) is 6.54 Å². The van der Waals surface area contributed by atoms with Gasteiger partial charge < -0.3 is 4.90 Å². The Labute approximate surface area is 159 Å². The average molecular weight is 381 g/mol. The van der Waals surface area contributed by atoms with Crippen molar-refractivity contribution in [1.29, 1.82) is 0 Å². The molecule has 9 heteroatoms. The molecule has 0 atom stereocenters. The first-order chi connectivity index (χ1) is 13.3. The van der Waals surface area contributed by atoms with Gasteiger partial charge in [0.15, 0.2) is 0 Å². The Morgan fingerprint density at radius 1 is 1.04 bits per heavy atom. The monoisotopic (exact) mass is 381 g/mol. The van der Waals surface area contributed by atoms with E-state index < -0.39 is 0 Å². The Kier molecular flexibility index (Phi) is 4.10. The second-order valence-corrected chi connectivity index (χ2v) is 7.47. The predicted molar refractivity (Wildman–Crippen MR) is 106 cm³/mol. The number of rotatable bonds is 4. The second-order valence-electron chi connectivity index (χ2n) is 6.67. The molecule has 0 unspecified atom stereocenters. The van der Waals surface area contributed by atoms with E-state index >= 15 is 0 Å². The van der Waals surface area contributed by atoms with Crippen molar-refractivity contribution in [2.75, 3.05) is 37.6 Å². The largest absolute Gasteiger partial charge is 0.353 e. The maximum Gasteiger partial charge on any atom is 0.350 e. The summed E-state index contributed by atoms with van der Waals surface area (Å²) in [5.74, 6) is 1.10. The highest BCUT2D eigenvalue weighted by atomic mass is 32.1. The Hall–Kier alpha value is -2.78. The summed E-state index contributed by atoms with van der Waals surface area (Å²) in [5, 5.41) is 5.49. The minimum Gasteiger partial charge on any atom is -0.353 e. The van der Waals surface area contributed by atoms with Crippen LogP contribution in [0.2, 0.25) is 0 Å². The topological polar surface area (TPSA) is 71.6 Å². The second kappa shape index (κ2) is 6.75. The van der Waals surface area contributed by atoms with E-state index in [-0.39, 0.29) is 5.69 Å². The minimum absolute atomic E-state index is 0.141. The van der Waals surface area contributed by atoms with E-state index in [1.165, 1.54) is 25.5 Å². The smallest absolute Gasteiger partial charge is 0.350 e.